The third kappa shape index (κ3) is 3.62. The monoisotopic (exact) mass is 331 g/mol. The van der Waals surface area contributed by atoms with Crippen LogP contribution in [0.25, 0.3) is 6.08 Å². The highest BCUT2D eigenvalue weighted by Crippen LogP contribution is 2.28. The van der Waals surface area contributed by atoms with Crippen LogP contribution < -0.4 is 0 Å². The lowest BCUT2D eigenvalue weighted by molar-refractivity contribution is -0.131. The Kier molecular flexibility index (Phi) is 4.67. The van der Waals surface area contributed by atoms with Crippen LogP contribution in [0.4, 0.5) is 0 Å². The van der Waals surface area contributed by atoms with E-state index in [1.54, 1.807) is 0 Å². The first kappa shape index (κ1) is 16.0. The van der Waals surface area contributed by atoms with Crippen LogP contribution in [-0.4, -0.2) is 48.1 Å². The molecule has 2 N–H and O–H groups in total. The van der Waals surface area contributed by atoms with E-state index in [0.717, 1.165) is 6.08 Å². The van der Waals surface area contributed by atoms with Crippen molar-refractivity contribution in [3.05, 3.63) is 34.9 Å². The molecule has 1 aromatic rings. The van der Waals surface area contributed by atoms with Gasteiger partial charge in [0.2, 0.25) is 10.0 Å². The molecule has 1 heterocycles. The lowest BCUT2D eigenvalue weighted by Gasteiger charge is -2.16. The minimum absolute atomic E-state index is 0.0175. The van der Waals surface area contributed by atoms with Crippen LogP contribution in [-0.2, 0) is 14.8 Å². The van der Waals surface area contributed by atoms with Gasteiger partial charge in [0.05, 0.1) is 11.1 Å². The molecule has 2 rings (SSSR count). The number of sulfonamides is 1. The van der Waals surface area contributed by atoms with Crippen molar-refractivity contribution in [3.63, 3.8) is 0 Å². The first-order chi connectivity index (χ1) is 9.80. The van der Waals surface area contributed by atoms with Crippen molar-refractivity contribution in [2.45, 2.75) is 17.4 Å². The summed E-state index contributed by atoms with van der Waals surface area (Å²) in [6.45, 7) is 0.305. The maximum absolute atomic E-state index is 12.4. The summed E-state index contributed by atoms with van der Waals surface area (Å²) >= 11 is 5.99. The summed E-state index contributed by atoms with van der Waals surface area (Å²) in [6.07, 6.45) is 2.01. The van der Waals surface area contributed by atoms with E-state index < -0.39 is 22.1 Å². The third-order valence-electron chi connectivity index (χ3n) is 3.12. The van der Waals surface area contributed by atoms with E-state index in [1.807, 2.05) is 0 Å². The number of carboxylic acid groups (broad SMARTS) is 1. The number of carbonyl (C=O) groups is 1. The van der Waals surface area contributed by atoms with Gasteiger partial charge in [-0.25, -0.2) is 13.2 Å². The molecule has 1 unspecified atom stereocenters. The largest absolute Gasteiger partial charge is 0.478 e. The van der Waals surface area contributed by atoms with Gasteiger partial charge in [0.25, 0.3) is 0 Å². The van der Waals surface area contributed by atoms with Gasteiger partial charge in [-0.3, -0.25) is 0 Å². The standard InChI is InChI=1S/C13H14ClNO5S/c14-11-7-9(2-4-13(17)18)1-3-12(11)21(19,20)15-6-5-10(16)8-15/h1-4,7,10,16H,5-6,8H2,(H,17,18). The van der Waals surface area contributed by atoms with Gasteiger partial charge in [-0.15, -0.1) is 0 Å². The van der Waals surface area contributed by atoms with Gasteiger partial charge < -0.3 is 10.2 Å². The first-order valence-corrected chi connectivity index (χ1v) is 8.01. The van der Waals surface area contributed by atoms with E-state index >= 15 is 0 Å². The average molecular weight is 332 g/mol. The highest BCUT2D eigenvalue weighted by atomic mass is 35.5. The fraction of sp³-hybridized carbons (Fsp3) is 0.308. The molecule has 1 saturated heterocycles. The minimum Gasteiger partial charge on any atom is -0.478 e. The van der Waals surface area contributed by atoms with E-state index in [9.17, 15) is 18.3 Å². The van der Waals surface area contributed by atoms with Crippen LogP contribution in [0.3, 0.4) is 0 Å². The maximum Gasteiger partial charge on any atom is 0.328 e. The number of benzene rings is 1. The molecule has 0 radical (unpaired) electrons. The van der Waals surface area contributed by atoms with E-state index in [0.29, 0.717) is 12.0 Å². The number of rotatable bonds is 4. The lowest BCUT2D eigenvalue weighted by Crippen LogP contribution is -2.29. The second-order valence-electron chi connectivity index (χ2n) is 4.67. The van der Waals surface area contributed by atoms with Crippen molar-refractivity contribution < 1.29 is 23.4 Å². The van der Waals surface area contributed by atoms with Crippen molar-refractivity contribution >= 4 is 33.7 Å². The molecular weight excluding hydrogens is 318 g/mol. The summed E-state index contributed by atoms with van der Waals surface area (Å²) in [5.41, 5.74) is 0.489. The van der Waals surface area contributed by atoms with Gasteiger partial charge in [-0.1, -0.05) is 17.7 Å². The first-order valence-electron chi connectivity index (χ1n) is 6.19. The summed E-state index contributed by atoms with van der Waals surface area (Å²) in [6, 6.07) is 4.20. The number of hydrogen-bond acceptors (Lipinski definition) is 4. The zero-order chi connectivity index (χ0) is 15.6. The zero-order valence-electron chi connectivity index (χ0n) is 10.9. The van der Waals surface area contributed by atoms with Crippen LogP contribution in [0.15, 0.2) is 29.2 Å². The number of nitrogens with zero attached hydrogens (tertiary/aromatic N) is 1. The van der Waals surface area contributed by atoms with Gasteiger partial charge in [-0.05, 0) is 30.2 Å². The Morgan fingerprint density at radius 3 is 2.67 bits per heavy atom. The molecular formula is C13H14ClNO5S. The lowest BCUT2D eigenvalue weighted by atomic mass is 10.2. The van der Waals surface area contributed by atoms with Gasteiger partial charge in [-0.2, -0.15) is 4.31 Å². The Morgan fingerprint density at radius 2 is 2.14 bits per heavy atom. The highest BCUT2D eigenvalue weighted by Gasteiger charge is 2.32. The molecule has 1 aromatic carbocycles. The Labute approximate surface area is 127 Å². The van der Waals surface area contributed by atoms with Gasteiger partial charge in [0.15, 0.2) is 0 Å². The number of aliphatic carboxylic acids is 1. The molecule has 1 atom stereocenters. The average Bonchev–Trinajstić information content (AvgIpc) is 2.83. The Morgan fingerprint density at radius 1 is 1.43 bits per heavy atom. The summed E-state index contributed by atoms with van der Waals surface area (Å²) in [5.74, 6) is -1.10. The Balaban J connectivity index is 2.30. The van der Waals surface area contributed by atoms with Crippen LogP contribution in [0, 0.1) is 0 Å². The predicted molar refractivity (Wildman–Crippen MR) is 77.5 cm³/mol. The fourth-order valence-corrected chi connectivity index (χ4v) is 4.08. The maximum atomic E-state index is 12.4. The van der Waals surface area contributed by atoms with Crippen molar-refractivity contribution in [1.82, 2.24) is 4.31 Å². The molecule has 114 valence electrons. The second kappa shape index (κ2) is 6.15. The van der Waals surface area contributed by atoms with Crippen LogP contribution in [0.5, 0.6) is 0 Å². The predicted octanol–water partition coefficient (Wildman–Crippen LogP) is 1.19. The Hall–Kier alpha value is -1.41. The number of hydrogen-bond donors (Lipinski definition) is 2. The SMILES string of the molecule is O=C(O)C=Cc1ccc(S(=O)(=O)N2CCC(O)C2)c(Cl)c1. The normalized spacial score (nSPS) is 20.2. The summed E-state index contributed by atoms with van der Waals surface area (Å²) in [7, 11) is -3.75. The Bertz CT molecular complexity index is 686. The summed E-state index contributed by atoms with van der Waals surface area (Å²) in [4.78, 5) is 10.4. The van der Waals surface area contributed by atoms with E-state index in [2.05, 4.69) is 0 Å². The van der Waals surface area contributed by atoms with Gasteiger partial charge >= 0.3 is 5.97 Å². The third-order valence-corrected chi connectivity index (χ3v) is 5.47. The molecule has 0 saturated carbocycles. The fourth-order valence-electron chi connectivity index (χ4n) is 2.07. The molecule has 6 nitrogen and oxygen atoms in total. The molecule has 0 amide bonds. The zero-order valence-corrected chi connectivity index (χ0v) is 12.5. The number of aliphatic hydroxyl groups excluding tert-OH is 1. The highest BCUT2D eigenvalue weighted by molar-refractivity contribution is 7.89. The van der Waals surface area contributed by atoms with E-state index in [1.165, 1.54) is 28.6 Å². The quantitative estimate of drug-likeness (QED) is 0.808. The van der Waals surface area contributed by atoms with Crippen LogP contribution in [0.1, 0.15) is 12.0 Å². The molecule has 0 aliphatic carbocycles. The van der Waals surface area contributed by atoms with Crippen molar-refractivity contribution in [2.75, 3.05) is 13.1 Å². The molecule has 0 spiro atoms. The number of aliphatic hydroxyl groups is 1. The molecule has 0 bridgehead atoms. The summed E-state index contributed by atoms with van der Waals surface area (Å²) in [5, 5.41) is 18.0. The minimum atomic E-state index is -3.75. The van der Waals surface area contributed by atoms with Crippen molar-refractivity contribution in [3.8, 4) is 0 Å². The van der Waals surface area contributed by atoms with Crippen molar-refractivity contribution in [1.29, 1.82) is 0 Å². The number of β-amino-alcohol motifs (C(OH)–C–C–N with tert-alkyl or cyclic N) is 1. The topological polar surface area (TPSA) is 94.9 Å². The molecule has 8 heteroatoms. The molecule has 1 aliphatic heterocycles. The molecule has 1 aliphatic rings. The van der Waals surface area contributed by atoms with Crippen LogP contribution >= 0.6 is 11.6 Å². The smallest absolute Gasteiger partial charge is 0.328 e. The number of halogens is 1. The molecule has 21 heavy (non-hydrogen) atoms. The van der Waals surface area contributed by atoms with E-state index in [-0.39, 0.29) is 23.0 Å². The molecule has 1 fully saturated rings. The van der Waals surface area contributed by atoms with E-state index in [4.69, 9.17) is 16.7 Å². The van der Waals surface area contributed by atoms with Gasteiger partial charge in [0, 0.05) is 19.2 Å². The van der Waals surface area contributed by atoms with Gasteiger partial charge in [0.1, 0.15) is 4.90 Å². The van der Waals surface area contributed by atoms with Crippen molar-refractivity contribution in [2.24, 2.45) is 0 Å². The molecule has 0 aromatic heterocycles. The summed E-state index contributed by atoms with van der Waals surface area (Å²) < 4.78 is 26.0. The van der Waals surface area contributed by atoms with Crippen LogP contribution in [0.2, 0.25) is 5.02 Å². The number of carboxylic acids is 1. The second-order valence-corrected chi connectivity index (χ2v) is 6.98.